The summed E-state index contributed by atoms with van der Waals surface area (Å²) in [6, 6.07) is 5.78. The second-order valence-electron chi connectivity index (χ2n) is 4.73. The maximum atomic E-state index is 12.2. The zero-order valence-electron chi connectivity index (χ0n) is 12.7. The van der Waals surface area contributed by atoms with Crippen LogP contribution >= 0.6 is 23.1 Å². The van der Waals surface area contributed by atoms with Crippen molar-refractivity contribution in [3.05, 3.63) is 29.8 Å². The Morgan fingerprint density at radius 1 is 1.30 bits per heavy atom. The predicted molar refractivity (Wildman–Crippen MR) is 91.5 cm³/mol. The summed E-state index contributed by atoms with van der Waals surface area (Å²) in [5, 5.41) is 11.3. The van der Waals surface area contributed by atoms with Crippen LogP contribution in [0.2, 0.25) is 0 Å². The Balaban J connectivity index is 2.15. The molecule has 0 aliphatic rings. The van der Waals surface area contributed by atoms with Crippen molar-refractivity contribution < 1.29 is 13.2 Å². The molecule has 0 unspecified atom stereocenters. The Labute approximate surface area is 143 Å². The van der Waals surface area contributed by atoms with Gasteiger partial charge in [-0.05, 0) is 25.2 Å². The van der Waals surface area contributed by atoms with Gasteiger partial charge in [-0.2, -0.15) is 0 Å². The molecule has 0 saturated carbocycles. The average molecular weight is 372 g/mol. The second kappa shape index (κ2) is 7.39. The molecule has 1 aromatic heterocycles. The fraction of sp³-hybridized carbons (Fsp3) is 0.308. The first-order valence-corrected chi connectivity index (χ1v) is 9.85. The normalized spacial score (nSPS) is 11.7. The van der Waals surface area contributed by atoms with E-state index < -0.39 is 15.9 Å². The van der Waals surface area contributed by atoms with E-state index in [9.17, 15) is 13.2 Å². The fourth-order valence-electron chi connectivity index (χ4n) is 1.60. The van der Waals surface area contributed by atoms with Gasteiger partial charge in [0, 0.05) is 10.8 Å². The molecule has 2 N–H and O–H groups in total. The van der Waals surface area contributed by atoms with E-state index in [0.717, 1.165) is 4.34 Å². The predicted octanol–water partition coefficient (Wildman–Crippen LogP) is 2.20. The average Bonchev–Trinajstić information content (AvgIpc) is 2.93. The number of rotatable bonds is 6. The maximum absolute atomic E-state index is 12.2. The van der Waals surface area contributed by atoms with E-state index in [1.54, 1.807) is 11.8 Å². The zero-order chi connectivity index (χ0) is 17.0. The van der Waals surface area contributed by atoms with Gasteiger partial charge < -0.3 is 0 Å². The number of sulfonamides is 1. The lowest BCUT2D eigenvalue weighted by atomic mass is 10.2. The van der Waals surface area contributed by atoms with E-state index in [-0.39, 0.29) is 10.5 Å². The number of benzene rings is 1. The van der Waals surface area contributed by atoms with Crippen molar-refractivity contribution in [2.75, 3.05) is 12.4 Å². The van der Waals surface area contributed by atoms with E-state index in [1.165, 1.54) is 42.6 Å². The van der Waals surface area contributed by atoms with E-state index in [4.69, 9.17) is 0 Å². The molecule has 10 heteroatoms. The number of hydrogen-bond acceptors (Lipinski definition) is 7. The first-order valence-electron chi connectivity index (χ1n) is 6.67. The van der Waals surface area contributed by atoms with Crippen molar-refractivity contribution in [3.8, 4) is 0 Å². The van der Waals surface area contributed by atoms with Gasteiger partial charge in [0.25, 0.3) is 5.91 Å². The summed E-state index contributed by atoms with van der Waals surface area (Å²) in [5.74, 6) is -0.435. The first kappa shape index (κ1) is 17.9. The summed E-state index contributed by atoms with van der Waals surface area (Å²) >= 11 is 2.83. The van der Waals surface area contributed by atoms with Gasteiger partial charge in [-0.3, -0.25) is 10.1 Å². The molecular formula is C13H16N4O3S3. The van der Waals surface area contributed by atoms with Crippen LogP contribution in [0.15, 0.2) is 33.5 Å². The molecule has 2 aromatic rings. The third-order valence-electron chi connectivity index (χ3n) is 2.64. The Bertz CT molecular complexity index is 802. The van der Waals surface area contributed by atoms with Crippen LogP contribution in [0, 0.1) is 0 Å². The Morgan fingerprint density at radius 2 is 2.04 bits per heavy atom. The molecule has 1 amide bonds. The Hall–Kier alpha value is -1.49. The third kappa shape index (κ3) is 4.74. The van der Waals surface area contributed by atoms with E-state index >= 15 is 0 Å². The molecule has 0 atom stereocenters. The Morgan fingerprint density at radius 3 is 2.70 bits per heavy atom. The van der Waals surface area contributed by atoms with Crippen LogP contribution < -0.4 is 10.0 Å². The Kier molecular flexibility index (Phi) is 5.74. The minimum Gasteiger partial charge on any atom is -0.296 e. The molecule has 0 spiro atoms. The fourth-order valence-corrected chi connectivity index (χ4v) is 4.35. The molecule has 23 heavy (non-hydrogen) atoms. The van der Waals surface area contributed by atoms with Crippen molar-refractivity contribution in [1.82, 2.24) is 14.9 Å². The molecular weight excluding hydrogens is 356 g/mol. The lowest BCUT2D eigenvalue weighted by Crippen LogP contribution is -2.19. The molecule has 0 radical (unpaired) electrons. The number of amides is 1. The monoisotopic (exact) mass is 372 g/mol. The molecule has 0 aliphatic heterocycles. The summed E-state index contributed by atoms with van der Waals surface area (Å²) in [5.41, 5.74) is 0.231. The number of aromatic nitrogens is 2. The van der Waals surface area contributed by atoms with E-state index in [0.29, 0.717) is 10.4 Å². The number of nitrogens with one attached hydrogen (secondary N) is 2. The number of hydrogen-bond donors (Lipinski definition) is 2. The molecule has 0 bridgehead atoms. The quantitative estimate of drug-likeness (QED) is 0.595. The van der Waals surface area contributed by atoms with Crippen LogP contribution in [-0.2, 0) is 10.0 Å². The molecule has 124 valence electrons. The highest BCUT2D eigenvalue weighted by molar-refractivity contribution is 8.01. The summed E-state index contributed by atoms with van der Waals surface area (Å²) in [4.78, 5) is 12.2. The van der Waals surface area contributed by atoms with Crippen LogP contribution in [0.1, 0.15) is 24.2 Å². The highest BCUT2D eigenvalue weighted by Gasteiger charge is 2.16. The minimum atomic E-state index is -3.60. The molecule has 0 aliphatic carbocycles. The summed E-state index contributed by atoms with van der Waals surface area (Å²) in [7, 11) is -2.28. The number of carbonyl (C=O) groups is 1. The highest BCUT2D eigenvalue weighted by Crippen LogP contribution is 2.28. The topological polar surface area (TPSA) is 101 Å². The summed E-state index contributed by atoms with van der Waals surface area (Å²) in [6.07, 6.45) is 0. The van der Waals surface area contributed by atoms with Gasteiger partial charge >= 0.3 is 0 Å². The van der Waals surface area contributed by atoms with Gasteiger partial charge in [-0.25, -0.2) is 13.1 Å². The molecule has 0 saturated heterocycles. The zero-order valence-corrected chi connectivity index (χ0v) is 15.2. The van der Waals surface area contributed by atoms with Crippen molar-refractivity contribution in [1.29, 1.82) is 0 Å². The SMILES string of the molecule is CNS(=O)(=O)c1cccc(C(=O)Nc2nnc(SC(C)C)s2)c1. The summed E-state index contributed by atoms with van der Waals surface area (Å²) in [6.45, 7) is 4.08. The number of anilines is 1. The molecule has 1 heterocycles. The lowest BCUT2D eigenvalue weighted by molar-refractivity contribution is 0.102. The van der Waals surface area contributed by atoms with Crippen LogP contribution in [0.4, 0.5) is 5.13 Å². The molecule has 0 fully saturated rings. The third-order valence-corrected chi connectivity index (χ3v) is 5.98. The summed E-state index contributed by atoms with van der Waals surface area (Å²) < 4.78 is 26.5. The van der Waals surface area contributed by atoms with Crippen molar-refractivity contribution >= 4 is 44.2 Å². The van der Waals surface area contributed by atoms with E-state index in [1.807, 2.05) is 13.8 Å². The van der Waals surface area contributed by atoms with Gasteiger partial charge in [-0.15, -0.1) is 10.2 Å². The maximum Gasteiger partial charge on any atom is 0.257 e. The van der Waals surface area contributed by atoms with Gasteiger partial charge in [0.05, 0.1) is 4.90 Å². The van der Waals surface area contributed by atoms with Gasteiger partial charge in [0.15, 0.2) is 4.34 Å². The largest absolute Gasteiger partial charge is 0.296 e. The van der Waals surface area contributed by atoms with Crippen LogP contribution in [0.5, 0.6) is 0 Å². The van der Waals surface area contributed by atoms with Crippen molar-refractivity contribution in [2.45, 2.75) is 28.3 Å². The first-order chi connectivity index (χ1) is 10.8. The van der Waals surface area contributed by atoms with Crippen LogP contribution in [0.25, 0.3) is 0 Å². The lowest BCUT2D eigenvalue weighted by Gasteiger charge is -2.05. The standard InChI is InChI=1S/C13H16N4O3S3/c1-8(2)21-13-17-16-12(22-13)15-11(18)9-5-4-6-10(7-9)23(19,20)14-3/h4-8,14H,1-3H3,(H,15,16,18). The van der Waals surface area contributed by atoms with Gasteiger partial charge in [0.2, 0.25) is 15.2 Å². The van der Waals surface area contributed by atoms with Crippen molar-refractivity contribution in [3.63, 3.8) is 0 Å². The minimum absolute atomic E-state index is 0.0287. The highest BCUT2D eigenvalue weighted by atomic mass is 32.2. The molecule has 7 nitrogen and oxygen atoms in total. The number of thioether (sulfide) groups is 1. The van der Waals surface area contributed by atoms with E-state index in [2.05, 4.69) is 20.2 Å². The smallest absolute Gasteiger partial charge is 0.257 e. The van der Waals surface area contributed by atoms with Gasteiger partial charge in [0.1, 0.15) is 0 Å². The molecule has 2 rings (SSSR count). The number of nitrogens with zero attached hydrogens (tertiary/aromatic N) is 2. The molecule has 1 aromatic carbocycles. The second-order valence-corrected chi connectivity index (χ2v) is 9.42. The van der Waals surface area contributed by atoms with Gasteiger partial charge in [-0.1, -0.05) is 43.0 Å². The van der Waals surface area contributed by atoms with Crippen LogP contribution in [0.3, 0.4) is 0 Å². The number of carbonyl (C=O) groups excluding carboxylic acids is 1. The van der Waals surface area contributed by atoms with Crippen LogP contribution in [-0.4, -0.2) is 36.8 Å². The van der Waals surface area contributed by atoms with Crippen molar-refractivity contribution in [2.24, 2.45) is 0 Å².